The average Bonchev–Trinajstić information content (AvgIpc) is 2.23. The van der Waals surface area contributed by atoms with Crippen LogP contribution in [0.1, 0.15) is 11.6 Å². The molecule has 14 heavy (non-hydrogen) atoms. The highest BCUT2D eigenvalue weighted by molar-refractivity contribution is 5.22. The smallest absolute Gasteiger partial charge is 0.159 e. The van der Waals surface area contributed by atoms with Gasteiger partial charge >= 0.3 is 0 Å². The monoisotopic (exact) mass is 198 g/mol. The molecule has 1 fully saturated rings. The maximum atomic E-state index is 12.9. The highest BCUT2D eigenvalue weighted by atomic mass is 19.2. The number of halogens is 2. The Labute approximate surface area is 81.3 Å². The molecule has 1 aromatic rings. The summed E-state index contributed by atoms with van der Waals surface area (Å²) in [7, 11) is 0. The summed E-state index contributed by atoms with van der Waals surface area (Å²) in [6.45, 7) is 2.52. The minimum absolute atomic E-state index is 0.0823. The molecule has 2 nitrogen and oxygen atoms in total. The van der Waals surface area contributed by atoms with Crippen LogP contribution in [0, 0.1) is 11.6 Å². The van der Waals surface area contributed by atoms with Gasteiger partial charge in [0, 0.05) is 25.7 Å². The Morgan fingerprint density at radius 3 is 2.64 bits per heavy atom. The summed E-state index contributed by atoms with van der Waals surface area (Å²) in [6, 6.07) is 4.11. The molecule has 1 heterocycles. The molecule has 2 N–H and O–H groups in total. The van der Waals surface area contributed by atoms with Gasteiger partial charge < -0.3 is 10.6 Å². The Bertz CT molecular complexity index is 322. The van der Waals surface area contributed by atoms with Gasteiger partial charge in [-0.15, -0.1) is 0 Å². The predicted molar refractivity (Wildman–Crippen MR) is 50.0 cm³/mol. The maximum absolute atomic E-state index is 12.9. The van der Waals surface area contributed by atoms with Crippen LogP contribution in [-0.2, 0) is 0 Å². The molecule has 0 saturated carbocycles. The van der Waals surface area contributed by atoms with E-state index >= 15 is 0 Å². The first kappa shape index (κ1) is 9.55. The van der Waals surface area contributed by atoms with Crippen molar-refractivity contribution >= 4 is 0 Å². The highest BCUT2D eigenvalue weighted by Gasteiger charge is 2.15. The number of rotatable bonds is 1. The summed E-state index contributed by atoms with van der Waals surface area (Å²) < 4.78 is 25.6. The number of benzene rings is 1. The lowest BCUT2D eigenvalue weighted by Gasteiger charge is -2.24. The molecule has 1 saturated heterocycles. The van der Waals surface area contributed by atoms with Crippen LogP contribution in [0.25, 0.3) is 0 Å². The zero-order chi connectivity index (χ0) is 9.97. The zero-order valence-electron chi connectivity index (χ0n) is 7.69. The van der Waals surface area contributed by atoms with Gasteiger partial charge in [-0.05, 0) is 17.7 Å². The highest BCUT2D eigenvalue weighted by Crippen LogP contribution is 2.16. The van der Waals surface area contributed by atoms with E-state index in [1.54, 1.807) is 6.07 Å². The Morgan fingerprint density at radius 1 is 1.14 bits per heavy atom. The van der Waals surface area contributed by atoms with E-state index in [0.29, 0.717) is 0 Å². The molecule has 1 aliphatic heterocycles. The molecule has 0 amide bonds. The van der Waals surface area contributed by atoms with Crippen LogP contribution in [0.15, 0.2) is 18.2 Å². The van der Waals surface area contributed by atoms with E-state index in [4.69, 9.17) is 0 Å². The quantitative estimate of drug-likeness (QED) is 0.708. The van der Waals surface area contributed by atoms with Crippen LogP contribution in [0.5, 0.6) is 0 Å². The third-order valence-electron chi connectivity index (χ3n) is 2.39. The third-order valence-corrected chi connectivity index (χ3v) is 2.39. The number of nitrogens with one attached hydrogen (secondary N) is 2. The van der Waals surface area contributed by atoms with E-state index in [2.05, 4.69) is 10.6 Å². The van der Waals surface area contributed by atoms with Crippen molar-refractivity contribution in [3.05, 3.63) is 35.4 Å². The standard InChI is InChI=1S/C10H12F2N2/c11-8-2-1-7(5-9(8)12)10-6-13-3-4-14-10/h1-2,5,10,13-14H,3-4,6H2. The predicted octanol–water partition coefficient (Wildman–Crippen LogP) is 1.20. The van der Waals surface area contributed by atoms with Crippen molar-refractivity contribution in [1.29, 1.82) is 0 Å². The minimum atomic E-state index is -0.794. The van der Waals surface area contributed by atoms with E-state index in [9.17, 15) is 8.78 Å². The Kier molecular flexibility index (Phi) is 2.74. The van der Waals surface area contributed by atoms with E-state index in [1.807, 2.05) is 0 Å². The van der Waals surface area contributed by atoms with Gasteiger partial charge in [-0.25, -0.2) is 8.78 Å². The fraction of sp³-hybridized carbons (Fsp3) is 0.400. The van der Waals surface area contributed by atoms with Gasteiger partial charge in [0.2, 0.25) is 0 Å². The molecule has 4 heteroatoms. The van der Waals surface area contributed by atoms with Crippen LogP contribution in [0.2, 0.25) is 0 Å². The van der Waals surface area contributed by atoms with Crippen molar-refractivity contribution in [3.63, 3.8) is 0 Å². The van der Waals surface area contributed by atoms with Crippen molar-refractivity contribution in [2.45, 2.75) is 6.04 Å². The van der Waals surface area contributed by atoms with Crippen LogP contribution in [-0.4, -0.2) is 19.6 Å². The first-order chi connectivity index (χ1) is 6.77. The molecule has 1 aromatic carbocycles. The summed E-state index contributed by atoms with van der Waals surface area (Å²) >= 11 is 0. The SMILES string of the molecule is Fc1ccc(C2CNCCN2)cc1F. The topological polar surface area (TPSA) is 24.1 Å². The second-order valence-electron chi connectivity index (χ2n) is 3.38. The number of hydrogen-bond acceptors (Lipinski definition) is 2. The van der Waals surface area contributed by atoms with Crippen molar-refractivity contribution in [1.82, 2.24) is 10.6 Å². The summed E-state index contributed by atoms with van der Waals surface area (Å²) in [6.07, 6.45) is 0. The lowest BCUT2D eigenvalue weighted by atomic mass is 10.1. The average molecular weight is 198 g/mol. The molecule has 2 rings (SSSR count). The van der Waals surface area contributed by atoms with Gasteiger partial charge in [0.25, 0.3) is 0 Å². The molecule has 1 unspecified atom stereocenters. The molecule has 1 atom stereocenters. The van der Waals surface area contributed by atoms with E-state index in [1.165, 1.54) is 12.1 Å². The van der Waals surface area contributed by atoms with E-state index in [-0.39, 0.29) is 6.04 Å². The molecule has 0 aromatic heterocycles. The van der Waals surface area contributed by atoms with E-state index < -0.39 is 11.6 Å². The second kappa shape index (κ2) is 4.02. The largest absolute Gasteiger partial charge is 0.314 e. The second-order valence-corrected chi connectivity index (χ2v) is 3.38. The van der Waals surface area contributed by atoms with Crippen LogP contribution in [0.3, 0.4) is 0 Å². The Balaban J connectivity index is 2.18. The molecule has 0 bridgehead atoms. The molecule has 76 valence electrons. The lowest BCUT2D eigenvalue weighted by Crippen LogP contribution is -2.42. The first-order valence-electron chi connectivity index (χ1n) is 4.66. The lowest BCUT2D eigenvalue weighted by molar-refractivity contribution is 0.426. The van der Waals surface area contributed by atoms with E-state index in [0.717, 1.165) is 25.2 Å². The van der Waals surface area contributed by atoms with Gasteiger partial charge in [0.15, 0.2) is 11.6 Å². The Morgan fingerprint density at radius 2 is 2.00 bits per heavy atom. The summed E-state index contributed by atoms with van der Waals surface area (Å²) in [5, 5.41) is 6.42. The number of hydrogen-bond donors (Lipinski definition) is 2. The van der Waals surface area contributed by atoms with Crippen LogP contribution in [0.4, 0.5) is 8.78 Å². The van der Waals surface area contributed by atoms with Gasteiger partial charge in [-0.3, -0.25) is 0 Å². The zero-order valence-corrected chi connectivity index (χ0v) is 7.69. The fourth-order valence-corrected chi connectivity index (χ4v) is 1.62. The summed E-state index contributed by atoms with van der Waals surface area (Å²) in [4.78, 5) is 0. The fourth-order valence-electron chi connectivity index (χ4n) is 1.62. The molecule has 0 aliphatic carbocycles. The van der Waals surface area contributed by atoms with Gasteiger partial charge in [-0.1, -0.05) is 6.07 Å². The minimum Gasteiger partial charge on any atom is -0.314 e. The number of piperazine rings is 1. The summed E-state index contributed by atoms with van der Waals surface area (Å²) in [5.41, 5.74) is 0.788. The van der Waals surface area contributed by atoms with Gasteiger partial charge in [0.05, 0.1) is 0 Å². The molecular weight excluding hydrogens is 186 g/mol. The van der Waals surface area contributed by atoms with Gasteiger partial charge in [-0.2, -0.15) is 0 Å². The van der Waals surface area contributed by atoms with Crippen molar-refractivity contribution in [3.8, 4) is 0 Å². The molecule has 1 aliphatic rings. The Hall–Kier alpha value is -1.00. The van der Waals surface area contributed by atoms with Crippen molar-refractivity contribution in [2.24, 2.45) is 0 Å². The van der Waals surface area contributed by atoms with Crippen molar-refractivity contribution in [2.75, 3.05) is 19.6 Å². The summed E-state index contributed by atoms with van der Waals surface area (Å²) in [5.74, 6) is -1.58. The normalized spacial score (nSPS) is 22.3. The first-order valence-corrected chi connectivity index (χ1v) is 4.66. The van der Waals surface area contributed by atoms with Crippen molar-refractivity contribution < 1.29 is 8.78 Å². The molecular formula is C10H12F2N2. The molecule has 0 spiro atoms. The van der Waals surface area contributed by atoms with Crippen LogP contribution >= 0.6 is 0 Å². The molecule has 0 radical (unpaired) electrons. The maximum Gasteiger partial charge on any atom is 0.159 e. The third kappa shape index (κ3) is 1.91. The van der Waals surface area contributed by atoms with Gasteiger partial charge in [0.1, 0.15) is 0 Å². The van der Waals surface area contributed by atoms with Crippen LogP contribution < -0.4 is 10.6 Å².